The molecule has 1 heterocycles. The zero-order valence-electron chi connectivity index (χ0n) is 15.6. The normalized spacial score (nSPS) is 19.4. The summed E-state index contributed by atoms with van der Waals surface area (Å²) in [6.07, 6.45) is -4.56. The Bertz CT molecular complexity index is 946. The monoisotopic (exact) mass is 410 g/mol. The van der Waals surface area contributed by atoms with Crippen LogP contribution in [0.15, 0.2) is 42.5 Å². The van der Waals surface area contributed by atoms with Gasteiger partial charge in [0.1, 0.15) is 17.5 Å². The number of methoxy groups -OCH3 is 1. The molecule has 1 aliphatic rings. The number of hydrogen-bond acceptors (Lipinski definition) is 3. The minimum atomic E-state index is -4.56. The molecule has 0 bridgehead atoms. The number of likely N-dealkylation sites (tertiary alicyclic amines) is 1. The lowest BCUT2D eigenvalue weighted by Crippen LogP contribution is -2.33. The molecule has 2 aromatic carbocycles. The van der Waals surface area contributed by atoms with Gasteiger partial charge < -0.3 is 15.0 Å². The number of ether oxygens (including phenoxy) is 1. The highest BCUT2D eigenvalue weighted by molar-refractivity contribution is 6.08. The number of amides is 2. The molecule has 1 N–H and O–H groups in total. The van der Waals surface area contributed by atoms with Gasteiger partial charge in [0.15, 0.2) is 0 Å². The van der Waals surface area contributed by atoms with Gasteiger partial charge >= 0.3 is 6.18 Å². The third-order valence-electron chi connectivity index (χ3n) is 4.89. The molecule has 0 spiro atoms. The van der Waals surface area contributed by atoms with E-state index in [-0.39, 0.29) is 18.0 Å². The number of alkyl halides is 3. The van der Waals surface area contributed by atoms with Crippen LogP contribution in [0.2, 0.25) is 0 Å². The fraction of sp³-hybridized carbons (Fsp3) is 0.300. The van der Waals surface area contributed by atoms with Gasteiger partial charge in [0.2, 0.25) is 11.8 Å². The minimum Gasteiger partial charge on any atom is -0.496 e. The lowest BCUT2D eigenvalue weighted by atomic mass is 9.86. The van der Waals surface area contributed by atoms with E-state index in [0.717, 1.165) is 18.2 Å². The second kappa shape index (κ2) is 7.73. The van der Waals surface area contributed by atoms with Gasteiger partial charge in [-0.3, -0.25) is 9.59 Å². The Kier molecular flexibility index (Phi) is 5.50. The van der Waals surface area contributed by atoms with Crippen molar-refractivity contribution in [2.75, 3.05) is 26.0 Å². The number of carbonyl (C=O) groups excluding carboxylic acids is 2. The maximum absolute atomic E-state index is 13.9. The number of nitrogens with zero attached hydrogens (tertiary/aromatic N) is 1. The Labute approximate surface area is 164 Å². The summed E-state index contributed by atoms with van der Waals surface area (Å²) in [6.45, 7) is 0.107. The van der Waals surface area contributed by atoms with Gasteiger partial charge in [-0.25, -0.2) is 4.39 Å². The van der Waals surface area contributed by atoms with E-state index in [4.69, 9.17) is 4.74 Å². The number of halogens is 4. The van der Waals surface area contributed by atoms with Gasteiger partial charge in [-0.1, -0.05) is 18.2 Å². The Balaban J connectivity index is 1.96. The molecular formula is C20H18F4N2O3. The van der Waals surface area contributed by atoms with Crippen LogP contribution in [0.3, 0.4) is 0 Å². The van der Waals surface area contributed by atoms with Crippen molar-refractivity contribution in [1.29, 1.82) is 0 Å². The summed E-state index contributed by atoms with van der Waals surface area (Å²) < 4.78 is 58.0. The first kappa shape index (κ1) is 20.6. The molecule has 2 aromatic rings. The van der Waals surface area contributed by atoms with Gasteiger partial charge in [-0.2, -0.15) is 13.2 Å². The minimum absolute atomic E-state index is 0.0726. The van der Waals surface area contributed by atoms with E-state index in [9.17, 15) is 27.2 Å². The van der Waals surface area contributed by atoms with E-state index in [1.54, 1.807) is 0 Å². The highest BCUT2D eigenvalue weighted by Crippen LogP contribution is 2.41. The first-order valence-electron chi connectivity index (χ1n) is 8.69. The van der Waals surface area contributed by atoms with Crippen molar-refractivity contribution in [2.24, 2.45) is 5.92 Å². The SMILES string of the molecule is COc1cc(C(F)(F)F)ccc1[C@H]1CN(C)C(=O)[C@@H]1C(=O)Nc1ccccc1F. The number of benzene rings is 2. The van der Waals surface area contributed by atoms with Crippen molar-refractivity contribution in [2.45, 2.75) is 12.1 Å². The Morgan fingerprint density at radius 2 is 1.90 bits per heavy atom. The van der Waals surface area contributed by atoms with Crippen LogP contribution < -0.4 is 10.1 Å². The summed E-state index contributed by atoms with van der Waals surface area (Å²) in [6, 6.07) is 8.42. The maximum atomic E-state index is 13.9. The molecule has 0 unspecified atom stereocenters. The number of para-hydroxylation sites is 1. The Morgan fingerprint density at radius 1 is 1.21 bits per heavy atom. The number of likely N-dealkylation sites (N-methyl/N-ethyl adjacent to an activating group) is 1. The van der Waals surface area contributed by atoms with Crippen LogP contribution in [0, 0.1) is 11.7 Å². The van der Waals surface area contributed by atoms with E-state index in [1.165, 1.54) is 43.3 Å². The first-order chi connectivity index (χ1) is 13.6. The van der Waals surface area contributed by atoms with Crippen LogP contribution in [0.1, 0.15) is 17.0 Å². The molecule has 1 saturated heterocycles. The van der Waals surface area contributed by atoms with Crippen LogP contribution in [0.4, 0.5) is 23.2 Å². The summed E-state index contributed by atoms with van der Waals surface area (Å²) in [5.74, 6) is -3.97. The van der Waals surface area contributed by atoms with Crippen molar-refractivity contribution in [3.8, 4) is 5.75 Å². The molecule has 0 saturated carbocycles. The largest absolute Gasteiger partial charge is 0.496 e. The average molecular weight is 410 g/mol. The molecule has 0 radical (unpaired) electrons. The quantitative estimate of drug-likeness (QED) is 0.618. The van der Waals surface area contributed by atoms with Gasteiger partial charge in [0, 0.05) is 25.1 Å². The lowest BCUT2D eigenvalue weighted by Gasteiger charge is -2.20. The molecule has 154 valence electrons. The topological polar surface area (TPSA) is 58.6 Å². The molecule has 3 rings (SSSR count). The van der Waals surface area contributed by atoms with Gasteiger partial charge in [0.05, 0.1) is 18.4 Å². The van der Waals surface area contributed by atoms with Crippen molar-refractivity contribution in [3.05, 3.63) is 59.4 Å². The Hall–Kier alpha value is -3.10. The van der Waals surface area contributed by atoms with E-state index >= 15 is 0 Å². The zero-order valence-corrected chi connectivity index (χ0v) is 15.6. The zero-order chi connectivity index (χ0) is 21.3. The van der Waals surface area contributed by atoms with Gasteiger partial charge in [-0.15, -0.1) is 0 Å². The van der Waals surface area contributed by atoms with Crippen LogP contribution in [-0.4, -0.2) is 37.4 Å². The molecular weight excluding hydrogens is 392 g/mol. The standard InChI is InChI=1S/C20H18F4N2O3/c1-26-10-13(12-8-7-11(20(22,23)24)9-16(12)29-2)17(19(26)28)18(27)25-15-6-4-3-5-14(15)21/h3-9,13,17H,10H2,1-2H3,(H,25,27)/t13-,17+/m1/s1. The van der Waals surface area contributed by atoms with Crippen LogP contribution in [-0.2, 0) is 15.8 Å². The molecule has 0 aliphatic carbocycles. The van der Waals surface area contributed by atoms with Crippen molar-refractivity contribution < 1.29 is 31.9 Å². The first-order valence-corrected chi connectivity index (χ1v) is 8.69. The highest BCUT2D eigenvalue weighted by Gasteiger charge is 2.45. The predicted octanol–water partition coefficient (Wildman–Crippen LogP) is 3.66. The lowest BCUT2D eigenvalue weighted by molar-refractivity contribution is -0.138. The van der Waals surface area contributed by atoms with Gasteiger partial charge in [-0.05, 0) is 24.3 Å². The molecule has 9 heteroatoms. The summed E-state index contributed by atoms with van der Waals surface area (Å²) in [5.41, 5.74) is -0.687. The molecule has 1 fully saturated rings. The molecule has 0 aromatic heterocycles. The van der Waals surface area contributed by atoms with E-state index in [1.807, 2.05) is 0 Å². The van der Waals surface area contributed by atoms with Gasteiger partial charge in [0.25, 0.3) is 0 Å². The van der Waals surface area contributed by atoms with Crippen molar-refractivity contribution >= 4 is 17.5 Å². The second-order valence-electron chi connectivity index (χ2n) is 6.73. The van der Waals surface area contributed by atoms with E-state index in [2.05, 4.69) is 5.32 Å². The maximum Gasteiger partial charge on any atom is 0.416 e. The second-order valence-corrected chi connectivity index (χ2v) is 6.73. The van der Waals surface area contributed by atoms with Crippen LogP contribution >= 0.6 is 0 Å². The molecule has 2 amide bonds. The number of anilines is 1. The predicted molar refractivity (Wildman–Crippen MR) is 96.9 cm³/mol. The summed E-state index contributed by atoms with van der Waals surface area (Å²) in [5, 5.41) is 2.39. The number of nitrogens with one attached hydrogen (secondary N) is 1. The number of carbonyl (C=O) groups is 2. The van der Waals surface area contributed by atoms with Crippen molar-refractivity contribution in [3.63, 3.8) is 0 Å². The molecule has 5 nitrogen and oxygen atoms in total. The third kappa shape index (κ3) is 4.03. The fourth-order valence-corrected chi connectivity index (χ4v) is 3.44. The molecule has 29 heavy (non-hydrogen) atoms. The highest BCUT2D eigenvalue weighted by atomic mass is 19.4. The average Bonchev–Trinajstić information content (AvgIpc) is 2.97. The number of hydrogen-bond donors (Lipinski definition) is 1. The molecule has 2 atom stereocenters. The third-order valence-corrected chi connectivity index (χ3v) is 4.89. The van der Waals surface area contributed by atoms with E-state index in [0.29, 0.717) is 5.56 Å². The molecule has 1 aliphatic heterocycles. The number of rotatable bonds is 4. The van der Waals surface area contributed by atoms with Crippen LogP contribution in [0.25, 0.3) is 0 Å². The van der Waals surface area contributed by atoms with Crippen molar-refractivity contribution in [1.82, 2.24) is 4.90 Å². The van der Waals surface area contributed by atoms with Crippen LogP contribution in [0.5, 0.6) is 5.75 Å². The summed E-state index contributed by atoms with van der Waals surface area (Å²) in [7, 11) is 2.70. The smallest absolute Gasteiger partial charge is 0.416 e. The fourth-order valence-electron chi connectivity index (χ4n) is 3.44. The Morgan fingerprint density at radius 3 is 2.52 bits per heavy atom. The van der Waals surface area contributed by atoms with E-state index < -0.39 is 41.2 Å². The summed E-state index contributed by atoms with van der Waals surface area (Å²) in [4.78, 5) is 26.7. The summed E-state index contributed by atoms with van der Waals surface area (Å²) >= 11 is 0.